The molecule has 0 heterocycles. The summed E-state index contributed by atoms with van der Waals surface area (Å²) < 4.78 is 5.34. The average molecular weight is 187 g/mol. The second-order valence-corrected chi connectivity index (χ2v) is 2.85. The highest BCUT2D eigenvalue weighted by Crippen LogP contribution is 2.18. The van der Waals surface area contributed by atoms with Crippen LogP contribution in [0.2, 0.25) is 0 Å². The molecule has 0 fully saturated rings. The van der Waals surface area contributed by atoms with Gasteiger partial charge in [-0.05, 0) is 0 Å². The van der Waals surface area contributed by atoms with Crippen LogP contribution in [0.1, 0.15) is 5.56 Å². The zero-order valence-electron chi connectivity index (χ0n) is 7.94. The normalized spacial score (nSPS) is 14.0. The number of benzene rings is 1. The van der Waals surface area contributed by atoms with Gasteiger partial charge < -0.3 is 4.74 Å². The lowest BCUT2D eigenvalue weighted by Crippen LogP contribution is -2.38. The van der Waals surface area contributed by atoms with Crippen LogP contribution in [0.15, 0.2) is 43.0 Å². The zero-order chi connectivity index (χ0) is 10.4. The van der Waals surface area contributed by atoms with Gasteiger partial charge in [0.2, 0.25) is 5.72 Å². The van der Waals surface area contributed by atoms with Gasteiger partial charge in [0.25, 0.3) is 0 Å². The Balaban J connectivity index is 2.91. The molecule has 0 saturated carbocycles. The Kier molecular flexibility index (Phi) is 3.47. The van der Waals surface area contributed by atoms with Crippen LogP contribution in [-0.4, -0.2) is 6.61 Å². The molecule has 2 nitrogen and oxygen atoms in total. The summed E-state index contributed by atoms with van der Waals surface area (Å²) in [4.78, 5) is 0. The molecule has 1 aromatic rings. The summed E-state index contributed by atoms with van der Waals surface area (Å²) >= 11 is 0. The predicted molar refractivity (Wildman–Crippen MR) is 57.3 cm³/mol. The Morgan fingerprint density at radius 3 is 2.64 bits per heavy atom. The van der Waals surface area contributed by atoms with E-state index in [1.807, 2.05) is 30.3 Å². The maximum Gasteiger partial charge on any atom is 0.206 e. The van der Waals surface area contributed by atoms with Crippen LogP contribution < -0.4 is 5.73 Å². The summed E-state index contributed by atoms with van der Waals surface area (Å²) in [5.74, 6) is 2.44. The van der Waals surface area contributed by atoms with Gasteiger partial charge in [-0.2, -0.15) is 0 Å². The molecule has 72 valence electrons. The summed E-state index contributed by atoms with van der Waals surface area (Å²) in [6, 6.07) is 9.30. The third-order valence-corrected chi connectivity index (χ3v) is 1.85. The number of rotatable bonds is 4. The van der Waals surface area contributed by atoms with Crippen LogP contribution in [0.4, 0.5) is 0 Å². The SMILES string of the molecule is C#CC(N)(OCC=C)c1ccccc1. The Hall–Kier alpha value is -1.56. The van der Waals surface area contributed by atoms with Crippen LogP contribution in [0, 0.1) is 12.3 Å². The third-order valence-electron chi connectivity index (χ3n) is 1.85. The fraction of sp³-hybridized carbons (Fsp3) is 0.167. The lowest BCUT2D eigenvalue weighted by molar-refractivity contribution is 0.0186. The fourth-order valence-electron chi connectivity index (χ4n) is 1.08. The van der Waals surface area contributed by atoms with E-state index in [-0.39, 0.29) is 0 Å². The lowest BCUT2D eigenvalue weighted by Gasteiger charge is -2.23. The highest BCUT2D eigenvalue weighted by atomic mass is 16.5. The molecule has 0 saturated heterocycles. The van der Waals surface area contributed by atoms with E-state index in [1.165, 1.54) is 0 Å². The van der Waals surface area contributed by atoms with Crippen LogP contribution in [0.5, 0.6) is 0 Å². The highest BCUT2D eigenvalue weighted by molar-refractivity contribution is 5.29. The smallest absolute Gasteiger partial charge is 0.206 e. The van der Waals surface area contributed by atoms with Crippen molar-refractivity contribution < 1.29 is 4.74 Å². The monoisotopic (exact) mass is 187 g/mol. The molecular weight excluding hydrogens is 174 g/mol. The standard InChI is InChI=1S/C12H13NO/c1-3-10-14-12(13,4-2)11-8-6-5-7-9-11/h2-3,5-9H,1,10,13H2. The van der Waals surface area contributed by atoms with Crippen molar-refractivity contribution in [3.63, 3.8) is 0 Å². The first-order chi connectivity index (χ1) is 6.73. The maximum atomic E-state index is 5.90. The summed E-state index contributed by atoms with van der Waals surface area (Å²) in [5, 5.41) is 0. The van der Waals surface area contributed by atoms with Crippen molar-refractivity contribution in [2.75, 3.05) is 6.61 Å². The quantitative estimate of drug-likeness (QED) is 0.442. The summed E-state index contributed by atoms with van der Waals surface area (Å²) in [6.07, 6.45) is 6.96. The molecule has 0 bridgehead atoms. The predicted octanol–water partition coefficient (Wildman–Crippen LogP) is 1.63. The minimum absolute atomic E-state index is 0.329. The Bertz CT molecular complexity index is 339. The minimum Gasteiger partial charge on any atom is -0.341 e. The van der Waals surface area contributed by atoms with E-state index < -0.39 is 5.72 Å². The molecule has 1 atom stereocenters. The van der Waals surface area contributed by atoms with Crippen molar-refractivity contribution in [1.82, 2.24) is 0 Å². The van der Waals surface area contributed by atoms with Crippen molar-refractivity contribution in [1.29, 1.82) is 0 Å². The number of nitrogens with two attached hydrogens (primary N) is 1. The second-order valence-electron chi connectivity index (χ2n) is 2.85. The van der Waals surface area contributed by atoms with Crippen LogP contribution in [-0.2, 0) is 10.5 Å². The molecule has 1 unspecified atom stereocenters. The van der Waals surface area contributed by atoms with E-state index in [9.17, 15) is 0 Å². The van der Waals surface area contributed by atoms with E-state index in [4.69, 9.17) is 16.9 Å². The first-order valence-electron chi connectivity index (χ1n) is 4.30. The average Bonchev–Trinajstić information content (AvgIpc) is 2.27. The van der Waals surface area contributed by atoms with Gasteiger partial charge >= 0.3 is 0 Å². The van der Waals surface area contributed by atoms with Gasteiger partial charge in [-0.1, -0.05) is 42.3 Å². The highest BCUT2D eigenvalue weighted by Gasteiger charge is 2.24. The molecular formula is C12H13NO. The number of ether oxygens (including phenoxy) is 1. The molecule has 14 heavy (non-hydrogen) atoms. The van der Waals surface area contributed by atoms with Crippen LogP contribution in [0.3, 0.4) is 0 Å². The molecule has 0 aliphatic heterocycles. The first kappa shape index (κ1) is 10.5. The molecule has 0 aliphatic rings. The van der Waals surface area contributed by atoms with Crippen molar-refractivity contribution in [3.8, 4) is 12.3 Å². The summed E-state index contributed by atoms with van der Waals surface area (Å²) in [6.45, 7) is 3.87. The van der Waals surface area contributed by atoms with Crippen molar-refractivity contribution >= 4 is 0 Å². The van der Waals surface area contributed by atoms with Gasteiger partial charge in [0.1, 0.15) is 0 Å². The summed E-state index contributed by atoms with van der Waals surface area (Å²) in [7, 11) is 0. The topological polar surface area (TPSA) is 35.2 Å². The van der Waals surface area contributed by atoms with Gasteiger partial charge in [-0.25, -0.2) is 0 Å². The third kappa shape index (κ3) is 2.23. The molecule has 0 radical (unpaired) electrons. The first-order valence-corrected chi connectivity index (χ1v) is 4.30. The van der Waals surface area contributed by atoms with Gasteiger partial charge in [-0.15, -0.1) is 13.0 Å². The van der Waals surface area contributed by atoms with Gasteiger partial charge in [-0.3, -0.25) is 5.73 Å². The molecule has 0 aliphatic carbocycles. The number of hydrogen-bond acceptors (Lipinski definition) is 2. The van der Waals surface area contributed by atoms with Gasteiger partial charge in [0.05, 0.1) is 6.61 Å². The molecule has 2 heteroatoms. The Morgan fingerprint density at radius 1 is 1.50 bits per heavy atom. The molecule has 2 N–H and O–H groups in total. The molecule has 0 spiro atoms. The van der Waals surface area contributed by atoms with Crippen LogP contribution in [0.25, 0.3) is 0 Å². The van der Waals surface area contributed by atoms with Gasteiger partial charge in [0.15, 0.2) is 0 Å². The zero-order valence-corrected chi connectivity index (χ0v) is 7.94. The number of hydrogen-bond donors (Lipinski definition) is 1. The molecule has 1 rings (SSSR count). The largest absolute Gasteiger partial charge is 0.341 e. The van der Waals surface area contributed by atoms with E-state index >= 15 is 0 Å². The molecule has 0 aromatic heterocycles. The Morgan fingerprint density at radius 2 is 2.14 bits per heavy atom. The Labute approximate surface area is 84.4 Å². The molecule has 0 amide bonds. The van der Waals surface area contributed by atoms with Gasteiger partial charge in [0, 0.05) is 5.56 Å². The van der Waals surface area contributed by atoms with Crippen molar-refractivity contribution in [2.45, 2.75) is 5.72 Å². The number of terminal acetylenes is 1. The van der Waals surface area contributed by atoms with Crippen LogP contribution >= 0.6 is 0 Å². The van der Waals surface area contributed by atoms with E-state index in [2.05, 4.69) is 12.5 Å². The molecule has 1 aromatic carbocycles. The minimum atomic E-state index is -1.16. The maximum absolute atomic E-state index is 5.90. The van der Waals surface area contributed by atoms with Crippen molar-refractivity contribution in [2.24, 2.45) is 5.73 Å². The van der Waals surface area contributed by atoms with Crippen molar-refractivity contribution in [3.05, 3.63) is 48.6 Å². The lowest BCUT2D eigenvalue weighted by atomic mass is 10.0. The summed E-state index contributed by atoms with van der Waals surface area (Å²) in [5.41, 5.74) is 5.51. The van der Waals surface area contributed by atoms with E-state index in [1.54, 1.807) is 6.08 Å². The second kappa shape index (κ2) is 4.61. The fourth-order valence-corrected chi connectivity index (χ4v) is 1.08. The van der Waals surface area contributed by atoms with E-state index in [0.29, 0.717) is 6.61 Å². The van der Waals surface area contributed by atoms with E-state index in [0.717, 1.165) is 5.56 Å².